The summed E-state index contributed by atoms with van der Waals surface area (Å²) >= 11 is 0. The van der Waals surface area contributed by atoms with Crippen LogP contribution in [-0.4, -0.2) is 11.9 Å². The normalized spacial score (nSPS) is 15.9. The SMILES string of the molecule is CCCCC(C)Nc1cccc(NC(=O)C2CC2)c1. The summed E-state index contributed by atoms with van der Waals surface area (Å²) in [5, 5.41) is 6.47. The number of carbonyl (C=O) groups is 1. The predicted molar refractivity (Wildman–Crippen MR) is 80.4 cm³/mol. The summed E-state index contributed by atoms with van der Waals surface area (Å²) in [4.78, 5) is 11.7. The molecule has 0 bridgehead atoms. The molecule has 0 spiro atoms. The van der Waals surface area contributed by atoms with Crippen molar-refractivity contribution in [2.75, 3.05) is 10.6 Å². The number of unbranched alkanes of at least 4 members (excludes halogenated alkanes) is 1. The van der Waals surface area contributed by atoms with Gasteiger partial charge < -0.3 is 10.6 Å². The van der Waals surface area contributed by atoms with Gasteiger partial charge in [0, 0.05) is 23.3 Å². The van der Waals surface area contributed by atoms with E-state index in [1.54, 1.807) is 0 Å². The Morgan fingerprint density at radius 1 is 1.37 bits per heavy atom. The Bertz CT molecular complexity index is 427. The minimum atomic E-state index is 0.163. The van der Waals surface area contributed by atoms with Gasteiger partial charge in [-0.05, 0) is 44.4 Å². The standard InChI is InChI=1S/C16H24N2O/c1-3-4-6-12(2)17-14-7-5-8-15(11-14)18-16(19)13-9-10-13/h5,7-8,11-13,17H,3-4,6,9-10H2,1-2H3,(H,18,19). The van der Waals surface area contributed by atoms with E-state index in [1.165, 1.54) is 19.3 Å². The molecule has 1 amide bonds. The second kappa shape index (κ2) is 6.60. The Hall–Kier alpha value is -1.51. The second-order valence-corrected chi connectivity index (χ2v) is 5.53. The molecule has 0 heterocycles. The van der Waals surface area contributed by atoms with Gasteiger partial charge in [0.25, 0.3) is 0 Å². The lowest BCUT2D eigenvalue weighted by Gasteiger charge is -2.15. The molecule has 1 atom stereocenters. The van der Waals surface area contributed by atoms with E-state index in [4.69, 9.17) is 0 Å². The van der Waals surface area contributed by atoms with Gasteiger partial charge in [-0.3, -0.25) is 4.79 Å². The molecule has 0 saturated heterocycles. The highest BCUT2D eigenvalue weighted by Gasteiger charge is 2.29. The third-order valence-electron chi connectivity index (χ3n) is 3.48. The molecule has 1 aromatic rings. The average Bonchev–Trinajstić information content (AvgIpc) is 3.21. The van der Waals surface area contributed by atoms with Gasteiger partial charge in [-0.2, -0.15) is 0 Å². The van der Waals surface area contributed by atoms with E-state index in [9.17, 15) is 4.79 Å². The molecular weight excluding hydrogens is 236 g/mol. The lowest BCUT2D eigenvalue weighted by Crippen LogP contribution is -2.16. The van der Waals surface area contributed by atoms with Crippen molar-refractivity contribution in [3.63, 3.8) is 0 Å². The van der Waals surface area contributed by atoms with Crippen molar-refractivity contribution in [3.05, 3.63) is 24.3 Å². The van der Waals surface area contributed by atoms with Gasteiger partial charge in [-0.1, -0.05) is 25.8 Å². The summed E-state index contributed by atoms with van der Waals surface area (Å²) in [6, 6.07) is 8.46. The summed E-state index contributed by atoms with van der Waals surface area (Å²) in [5.74, 6) is 0.413. The molecule has 19 heavy (non-hydrogen) atoms. The third-order valence-corrected chi connectivity index (χ3v) is 3.48. The summed E-state index contributed by atoms with van der Waals surface area (Å²) in [6.07, 6.45) is 5.72. The zero-order valence-corrected chi connectivity index (χ0v) is 11.9. The van der Waals surface area contributed by atoms with Gasteiger partial charge in [0.2, 0.25) is 5.91 Å². The first-order valence-corrected chi connectivity index (χ1v) is 7.36. The highest BCUT2D eigenvalue weighted by molar-refractivity contribution is 5.94. The molecule has 1 saturated carbocycles. The maximum atomic E-state index is 11.7. The fraction of sp³-hybridized carbons (Fsp3) is 0.562. The molecule has 0 aliphatic heterocycles. The number of nitrogens with one attached hydrogen (secondary N) is 2. The molecular formula is C16H24N2O. The summed E-state index contributed by atoms with van der Waals surface area (Å²) in [5.41, 5.74) is 1.97. The molecule has 1 aromatic carbocycles. The van der Waals surface area contributed by atoms with E-state index in [1.807, 2.05) is 18.2 Å². The first kappa shape index (κ1) is 13.9. The molecule has 1 fully saturated rings. The number of amides is 1. The number of hydrogen-bond donors (Lipinski definition) is 2. The summed E-state index contributed by atoms with van der Waals surface area (Å²) in [6.45, 7) is 4.41. The maximum Gasteiger partial charge on any atom is 0.227 e. The minimum Gasteiger partial charge on any atom is -0.383 e. The fourth-order valence-corrected chi connectivity index (χ4v) is 2.14. The van der Waals surface area contributed by atoms with Crippen molar-refractivity contribution in [2.24, 2.45) is 5.92 Å². The summed E-state index contributed by atoms with van der Waals surface area (Å²) in [7, 11) is 0. The molecule has 0 aromatic heterocycles. The fourth-order valence-electron chi connectivity index (χ4n) is 2.14. The van der Waals surface area contributed by atoms with Crippen LogP contribution in [0.15, 0.2) is 24.3 Å². The largest absolute Gasteiger partial charge is 0.383 e. The Morgan fingerprint density at radius 2 is 2.11 bits per heavy atom. The van der Waals surface area contributed by atoms with E-state index in [-0.39, 0.29) is 11.8 Å². The van der Waals surface area contributed by atoms with Gasteiger partial charge in [-0.15, -0.1) is 0 Å². The minimum absolute atomic E-state index is 0.163. The Labute approximate surface area is 115 Å². The van der Waals surface area contributed by atoms with Crippen molar-refractivity contribution in [1.82, 2.24) is 0 Å². The molecule has 1 aliphatic carbocycles. The van der Waals surface area contributed by atoms with Gasteiger partial charge in [0.15, 0.2) is 0 Å². The zero-order chi connectivity index (χ0) is 13.7. The van der Waals surface area contributed by atoms with Crippen molar-refractivity contribution in [1.29, 1.82) is 0 Å². The van der Waals surface area contributed by atoms with Crippen molar-refractivity contribution >= 4 is 17.3 Å². The number of rotatable bonds is 7. The van der Waals surface area contributed by atoms with E-state index in [0.29, 0.717) is 6.04 Å². The molecule has 0 radical (unpaired) electrons. The van der Waals surface area contributed by atoms with Crippen molar-refractivity contribution in [2.45, 2.75) is 52.0 Å². The smallest absolute Gasteiger partial charge is 0.227 e. The molecule has 1 unspecified atom stereocenters. The Balaban J connectivity index is 1.88. The first-order chi connectivity index (χ1) is 9.19. The van der Waals surface area contributed by atoms with Gasteiger partial charge in [0.05, 0.1) is 0 Å². The topological polar surface area (TPSA) is 41.1 Å². The molecule has 2 N–H and O–H groups in total. The second-order valence-electron chi connectivity index (χ2n) is 5.53. The Morgan fingerprint density at radius 3 is 2.79 bits per heavy atom. The van der Waals surface area contributed by atoms with E-state index in [0.717, 1.165) is 24.2 Å². The van der Waals surface area contributed by atoms with Gasteiger partial charge in [-0.25, -0.2) is 0 Å². The van der Waals surface area contributed by atoms with Crippen LogP contribution in [0.25, 0.3) is 0 Å². The van der Waals surface area contributed by atoms with Crippen LogP contribution in [0.5, 0.6) is 0 Å². The van der Waals surface area contributed by atoms with E-state index < -0.39 is 0 Å². The van der Waals surface area contributed by atoms with Crippen LogP contribution in [0.4, 0.5) is 11.4 Å². The van der Waals surface area contributed by atoms with Crippen LogP contribution in [0.2, 0.25) is 0 Å². The highest BCUT2D eigenvalue weighted by Crippen LogP contribution is 2.30. The van der Waals surface area contributed by atoms with Crippen LogP contribution >= 0.6 is 0 Å². The monoisotopic (exact) mass is 260 g/mol. The van der Waals surface area contributed by atoms with Gasteiger partial charge >= 0.3 is 0 Å². The van der Waals surface area contributed by atoms with Crippen LogP contribution < -0.4 is 10.6 Å². The van der Waals surface area contributed by atoms with E-state index in [2.05, 4.69) is 30.5 Å². The average molecular weight is 260 g/mol. The molecule has 3 nitrogen and oxygen atoms in total. The summed E-state index contributed by atoms with van der Waals surface area (Å²) < 4.78 is 0. The predicted octanol–water partition coefficient (Wildman–Crippen LogP) is 4.03. The van der Waals surface area contributed by atoms with Gasteiger partial charge in [0.1, 0.15) is 0 Å². The molecule has 104 valence electrons. The first-order valence-electron chi connectivity index (χ1n) is 7.36. The zero-order valence-electron chi connectivity index (χ0n) is 11.9. The van der Waals surface area contributed by atoms with Crippen LogP contribution in [0.3, 0.4) is 0 Å². The highest BCUT2D eigenvalue weighted by atomic mass is 16.2. The van der Waals surface area contributed by atoms with E-state index >= 15 is 0 Å². The lowest BCUT2D eigenvalue weighted by molar-refractivity contribution is -0.117. The van der Waals surface area contributed by atoms with Crippen molar-refractivity contribution < 1.29 is 4.79 Å². The molecule has 3 heteroatoms. The lowest BCUT2D eigenvalue weighted by atomic mass is 10.1. The number of hydrogen-bond acceptors (Lipinski definition) is 2. The maximum absolute atomic E-state index is 11.7. The number of carbonyl (C=O) groups excluding carboxylic acids is 1. The van der Waals surface area contributed by atoms with Crippen LogP contribution in [-0.2, 0) is 4.79 Å². The van der Waals surface area contributed by atoms with Crippen LogP contribution in [0, 0.1) is 5.92 Å². The Kier molecular flexibility index (Phi) is 4.83. The van der Waals surface area contributed by atoms with Crippen molar-refractivity contribution in [3.8, 4) is 0 Å². The number of anilines is 2. The quantitative estimate of drug-likeness (QED) is 0.777. The molecule has 2 rings (SSSR count). The number of benzene rings is 1. The van der Waals surface area contributed by atoms with Crippen LogP contribution in [0.1, 0.15) is 46.0 Å². The third kappa shape index (κ3) is 4.58. The molecule has 1 aliphatic rings.